The summed E-state index contributed by atoms with van der Waals surface area (Å²) in [5, 5.41) is 14.4. The fourth-order valence-corrected chi connectivity index (χ4v) is 7.07. The van der Waals surface area contributed by atoms with Crippen molar-refractivity contribution >= 4 is 29.7 Å². The second-order valence-electron chi connectivity index (χ2n) is 14.0. The first kappa shape index (κ1) is 46.1. The van der Waals surface area contributed by atoms with E-state index in [1.54, 1.807) is 30.9 Å². The van der Waals surface area contributed by atoms with Crippen molar-refractivity contribution in [1.29, 1.82) is 0 Å². The van der Waals surface area contributed by atoms with Crippen molar-refractivity contribution in [2.45, 2.75) is 83.6 Å². The van der Waals surface area contributed by atoms with Crippen LogP contribution < -0.4 is 32.3 Å². The van der Waals surface area contributed by atoms with E-state index in [4.69, 9.17) is 24.7 Å². The van der Waals surface area contributed by atoms with Crippen LogP contribution in [-0.2, 0) is 38.1 Å². The van der Waals surface area contributed by atoms with Gasteiger partial charge in [-0.05, 0) is 50.6 Å². The zero-order valence-electron chi connectivity index (χ0n) is 32.9. The summed E-state index contributed by atoms with van der Waals surface area (Å²) < 4.78 is 22.6. The average Bonchev–Trinajstić information content (AvgIpc) is 3.66. The molecule has 0 saturated carbocycles. The molecule has 2 aliphatic rings. The van der Waals surface area contributed by atoms with Gasteiger partial charge in [-0.25, -0.2) is 4.79 Å². The van der Waals surface area contributed by atoms with Crippen molar-refractivity contribution in [1.82, 2.24) is 36.4 Å². The number of hydrogen-bond donors (Lipinski definition) is 6. The van der Waals surface area contributed by atoms with Gasteiger partial charge in [0.1, 0.15) is 0 Å². The molecular formula is C36H68N8O9. The van der Waals surface area contributed by atoms with E-state index < -0.39 is 18.1 Å². The second-order valence-corrected chi connectivity index (χ2v) is 14.0. The Morgan fingerprint density at radius 2 is 1.57 bits per heavy atom. The highest BCUT2D eigenvalue weighted by Gasteiger charge is 2.41. The van der Waals surface area contributed by atoms with Crippen LogP contribution in [0.5, 0.6) is 0 Å². The molecule has 53 heavy (non-hydrogen) atoms. The number of nitrogens with one attached hydrogen (secondary N) is 5. The zero-order chi connectivity index (χ0) is 39.2. The largest absolute Gasteiger partial charge is 0.379 e. The molecule has 7 N–H and O–H groups in total. The van der Waals surface area contributed by atoms with Gasteiger partial charge in [-0.2, -0.15) is 0 Å². The minimum Gasteiger partial charge on any atom is -0.379 e. The SMILES string of the molecule is CC[C@H](C)[C@@H]([C@@H](CC(=O)N1CCC[C@H]1[C@H](OC)[C@@H](C)C(=O)NCC(=O)NCCOCCOCCNC(=O)NCC1CCNCC1)OC)N(C)C(=O)CN. The fraction of sp³-hybridized carbons (Fsp3) is 0.861. The molecule has 0 unspecified atom stereocenters. The van der Waals surface area contributed by atoms with Crippen LogP contribution in [0.15, 0.2) is 0 Å². The van der Waals surface area contributed by atoms with E-state index in [9.17, 15) is 24.0 Å². The smallest absolute Gasteiger partial charge is 0.314 e. The number of carbonyl (C=O) groups excluding carboxylic acids is 5. The molecule has 306 valence electrons. The quantitative estimate of drug-likeness (QED) is 0.0649. The second kappa shape index (κ2) is 25.8. The Morgan fingerprint density at radius 1 is 0.906 bits per heavy atom. The van der Waals surface area contributed by atoms with Crippen LogP contribution in [0.3, 0.4) is 0 Å². The molecule has 2 aliphatic heterocycles. The first-order valence-corrected chi connectivity index (χ1v) is 19.2. The average molecular weight is 757 g/mol. The lowest BCUT2D eigenvalue weighted by Gasteiger charge is -2.39. The van der Waals surface area contributed by atoms with Gasteiger partial charge in [-0.1, -0.05) is 27.2 Å². The number of nitrogens with zero attached hydrogens (tertiary/aromatic N) is 2. The first-order valence-electron chi connectivity index (χ1n) is 19.2. The number of piperidine rings is 1. The summed E-state index contributed by atoms with van der Waals surface area (Å²) >= 11 is 0. The number of urea groups is 1. The molecule has 2 heterocycles. The number of rotatable bonds is 25. The number of likely N-dealkylation sites (N-methyl/N-ethyl adjacent to an activating group) is 1. The number of likely N-dealkylation sites (tertiary alicyclic amines) is 1. The maximum Gasteiger partial charge on any atom is 0.314 e. The molecule has 6 amide bonds. The Labute approximate surface area is 315 Å². The van der Waals surface area contributed by atoms with Crippen molar-refractivity contribution in [3.05, 3.63) is 0 Å². The standard InChI is InChI=1S/C36H68N8O9/c1-7-25(2)33(43(4)32(47)22-37)29(50-5)21-31(46)44-16-8-9-28(44)34(51-6)26(3)35(48)41-24-30(45)39-14-17-52-19-20-53-18-15-40-36(49)42-23-27-10-12-38-13-11-27/h25-29,33-34,38H,7-24,37H2,1-6H3,(H,39,45)(H,41,48)(H2,40,42,49)/t25-,26+,28-,29+,33-,34+/m0/s1. The van der Waals surface area contributed by atoms with E-state index in [1.807, 2.05) is 13.8 Å². The highest BCUT2D eigenvalue weighted by Crippen LogP contribution is 2.29. The van der Waals surface area contributed by atoms with E-state index in [2.05, 4.69) is 26.6 Å². The number of methoxy groups -OCH3 is 2. The van der Waals surface area contributed by atoms with Crippen LogP contribution in [0.1, 0.15) is 59.3 Å². The molecule has 0 aromatic carbocycles. The number of carbonyl (C=O) groups is 5. The number of amides is 6. The van der Waals surface area contributed by atoms with Crippen molar-refractivity contribution in [3.63, 3.8) is 0 Å². The minimum absolute atomic E-state index is 0.0641. The molecule has 0 aliphatic carbocycles. The summed E-state index contributed by atoms with van der Waals surface area (Å²) in [5.41, 5.74) is 5.64. The van der Waals surface area contributed by atoms with Gasteiger partial charge in [0.2, 0.25) is 23.6 Å². The van der Waals surface area contributed by atoms with Crippen molar-refractivity contribution < 1.29 is 42.9 Å². The molecule has 17 heteroatoms. The van der Waals surface area contributed by atoms with Gasteiger partial charge in [-0.3, -0.25) is 19.2 Å². The van der Waals surface area contributed by atoms with Gasteiger partial charge in [-0.15, -0.1) is 0 Å². The summed E-state index contributed by atoms with van der Waals surface area (Å²) in [6, 6.07) is -0.868. The molecular weight excluding hydrogens is 688 g/mol. The normalized spacial score (nSPS) is 19.1. The van der Waals surface area contributed by atoms with Gasteiger partial charge >= 0.3 is 6.03 Å². The van der Waals surface area contributed by atoms with Crippen molar-refractivity contribution in [2.75, 3.05) is 100 Å². The predicted octanol–water partition coefficient (Wildman–Crippen LogP) is -0.570. The summed E-state index contributed by atoms with van der Waals surface area (Å²) in [4.78, 5) is 67.0. The lowest BCUT2D eigenvalue weighted by molar-refractivity contribution is -0.145. The Morgan fingerprint density at radius 3 is 2.17 bits per heavy atom. The summed E-state index contributed by atoms with van der Waals surface area (Å²) in [6.07, 6.45) is 3.28. The highest BCUT2D eigenvalue weighted by molar-refractivity contribution is 5.86. The van der Waals surface area contributed by atoms with Crippen molar-refractivity contribution in [2.24, 2.45) is 23.5 Å². The third-order valence-electron chi connectivity index (χ3n) is 10.4. The van der Waals surface area contributed by atoms with E-state index >= 15 is 0 Å². The van der Waals surface area contributed by atoms with Crippen LogP contribution in [0.4, 0.5) is 4.79 Å². The third-order valence-corrected chi connectivity index (χ3v) is 10.4. The molecule has 2 rings (SSSR count). The van der Waals surface area contributed by atoms with Crippen LogP contribution in [0.25, 0.3) is 0 Å². The third kappa shape index (κ3) is 16.0. The first-order chi connectivity index (χ1) is 25.5. The predicted molar refractivity (Wildman–Crippen MR) is 200 cm³/mol. The van der Waals surface area contributed by atoms with Gasteiger partial charge in [0, 0.05) is 47.4 Å². The van der Waals surface area contributed by atoms with Crippen LogP contribution in [-0.4, -0.2) is 164 Å². The molecule has 17 nitrogen and oxygen atoms in total. The van der Waals surface area contributed by atoms with E-state index in [-0.39, 0.29) is 80.3 Å². The molecule has 0 aromatic heterocycles. The monoisotopic (exact) mass is 757 g/mol. The van der Waals surface area contributed by atoms with Gasteiger partial charge in [0.05, 0.1) is 76.1 Å². The Hall–Kier alpha value is -3.09. The topological polar surface area (TPSA) is 215 Å². The molecule has 0 radical (unpaired) electrons. The van der Waals surface area contributed by atoms with E-state index in [0.717, 1.165) is 38.8 Å². The van der Waals surface area contributed by atoms with Gasteiger partial charge in [0.15, 0.2) is 0 Å². The molecule has 0 aromatic rings. The minimum atomic E-state index is -0.641. The molecule has 2 saturated heterocycles. The zero-order valence-corrected chi connectivity index (χ0v) is 32.9. The maximum absolute atomic E-state index is 13.7. The number of hydrogen-bond acceptors (Lipinski definition) is 11. The van der Waals surface area contributed by atoms with Gasteiger partial charge < -0.3 is 61.1 Å². The summed E-state index contributed by atoms with van der Waals surface area (Å²) in [6.45, 7) is 10.6. The van der Waals surface area contributed by atoms with Gasteiger partial charge in [0.25, 0.3) is 0 Å². The van der Waals surface area contributed by atoms with Crippen LogP contribution >= 0.6 is 0 Å². The molecule has 6 atom stereocenters. The van der Waals surface area contributed by atoms with Crippen molar-refractivity contribution in [3.8, 4) is 0 Å². The summed E-state index contributed by atoms with van der Waals surface area (Å²) in [7, 11) is 4.75. The maximum atomic E-state index is 13.7. The highest BCUT2D eigenvalue weighted by atomic mass is 16.5. The Bertz CT molecular complexity index is 1110. The fourth-order valence-electron chi connectivity index (χ4n) is 7.07. The van der Waals surface area contributed by atoms with Crippen LogP contribution in [0.2, 0.25) is 0 Å². The van der Waals surface area contributed by atoms with E-state index in [1.165, 1.54) is 7.11 Å². The molecule has 2 fully saturated rings. The number of nitrogens with two attached hydrogens (primary N) is 1. The van der Waals surface area contributed by atoms with E-state index in [0.29, 0.717) is 51.8 Å². The number of ether oxygens (including phenoxy) is 4. The molecule has 0 spiro atoms. The molecule has 0 bridgehead atoms. The summed E-state index contributed by atoms with van der Waals surface area (Å²) in [5.74, 6) is -1.13. The Kier molecular flexibility index (Phi) is 22.5. The lowest BCUT2D eigenvalue weighted by atomic mass is 9.90. The lowest BCUT2D eigenvalue weighted by Crippen LogP contribution is -2.54. The Balaban J connectivity index is 1.68. The van der Waals surface area contributed by atoms with Crippen LogP contribution in [0, 0.1) is 17.8 Å².